The van der Waals surface area contributed by atoms with Gasteiger partial charge in [0.2, 0.25) is 0 Å². The molecule has 0 bridgehead atoms. The van der Waals surface area contributed by atoms with E-state index in [-0.39, 0.29) is 6.42 Å². The summed E-state index contributed by atoms with van der Waals surface area (Å²) in [5, 5.41) is 9.06. The van der Waals surface area contributed by atoms with Gasteiger partial charge in [0, 0.05) is 0 Å². The van der Waals surface area contributed by atoms with Gasteiger partial charge in [-0.3, -0.25) is 4.79 Å². The Labute approximate surface area is 121 Å². The van der Waals surface area contributed by atoms with Crippen LogP contribution < -0.4 is 4.72 Å². The Hall–Kier alpha value is -1.27. The molecule has 6 heteroatoms. The normalized spacial score (nSPS) is 16.4. The Morgan fingerprint density at radius 3 is 2.40 bits per heavy atom. The van der Waals surface area contributed by atoms with E-state index in [0.29, 0.717) is 5.56 Å². The molecule has 0 radical (unpaired) electrons. The molecule has 0 amide bonds. The summed E-state index contributed by atoms with van der Waals surface area (Å²) in [7, 11) is -1.47. The van der Waals surface area contributed by atoms with Gasteiger partial charge in [0.1, 0.15) is 5.82 Å². The number of hydrogen-bond acceptors (Lipinski definition) is 2. The lowest BCUT2D eigenvalue weighted by molar-refractivity contribution is -0.138. The minimum absolute atomic E-state index is 0.293. The van der Waals surface area contributed by atoms with Gasteiger partial charge in [-0.25, -0.2) is 13.3 Å². The number of aliphatic carboxylic acids is 1. The van der Waals surface area contributed by atoms with Crippen LogP contribution in [0, 0.1) is 5.82 Å². The average Bonchev–Trinajstić information content (AvgIpc) is 2.26. The highest BCUT2D eigenvalue weighted by Gasteiger charge is 2.34. The van der Waals surface area contributed by atoms with E-state index in [9.17, 15) is 13.4 Å². The molecule has 4 nitrogen and oxygen atoms in total. The van der Waals surface area contributed by atoms with Crippen LogP contribution >= 0.6 is 0 Å². The van der Waals surface area contributed by atoms with Gasteiger partial charge in [0.05, 0.1) is 27.7 Å². The van der Waals surface area contributed by atoms with Crippen molar-refractivity contribution in [2.45, 2.75) is 44.4 Å². The standard InChI is InChI=1S/C14H20FNO3S/c1-13(2,3)20(19)16-14(4,9-12(17)18)10-6-5-7-11(15)8-10/h5-8,16H,9H2,1-4H3,(H,17,18)/t14-,20-/m1/s1. The second-order valence-corrected chi connectivity index (χ2v) is 7.86. The molecule has 0 aliphatic heterocycles. The van der Waals surface area contributed by atoms with E-state index in [0.717, 1.165) is 0 Å². The van der Waals surface area contributed by atoms with Crippen molar-refractivity contribution in [2.24, 2.45) is 0 Å². The third kappa shape index (κ3) is 4.38. The van der Waals surface area contributed by atoms with Gasteiger partial charge in [0.15, 0.2) is 0 Å². The molecule has 0 aliphatic carbocycles. The smallest absolute Gasteiger partial charge is 0.305 e. The fourth-order valence-electron chi connectivity index (χ4n) is 1.69. The predicted molar refractivity (Wildman–Crippen MR) is 77.0 cm³/mol. The molecule has 0 spiro atoms. The zero-order chi connectivity index (χ0) is 15.6. The Morgan fingerprint density at radius 1 is 1.35 bits per heavy atom. The van der Waals surface area contributed by atoms with Crippen molar-refractivity contribution >= 4 is 17.0 Å². The molecule has 0 aromatic heterocycles. The monoisotopic (exact) mass is 301 g/mol. The van der Waals surface area contributed by atoms with Gasteiger partial charge in [0.25, 0.3) is 0 Å². The number of nitrogens with one attached hydrogen (secondary N) is 1. The summed E-state index contributed by atoms with van der Waals surface area (Å²) in [5.41, 5.74) is -0.649. The number of hydrogen-bond donors (Lipinski definition) is 2. The molecular weight excluding hydrogens is 281 g/mol. The lowest BCUT2D eigenvalue weighted by atomic mass is 9.90. The second-order valence-electron chi connectivity index (χ2n) is 5.90. The molecule has 0 heterocycles. The lowest BCUT2D eigenvalue weighted by Gasteiger charge is -2.32. The number of benzene rings is 1. The highest BCUT2D eigenvalue weighted by atomic mass is 32.2. The van der Waals surface area contributed by atoms with Crippen LogP contribution in [0.3, 0.4) is 0 Å². The fraction of sp³-hybridized carbons (Fsp3) is 0.500. The minimum atomic E-state index is -1.47. The number of carbonyl (C=O) groups is 1. The maximum Gasteiger partial charge on any atom is 0.305 e. The third-order valence-corrected chi connectivity index (χ3v) is 4.59. The molecule has 0 fully saturated rings. The summed E-state index contributed by atoms with van der Waals surface area (Å²) in [4.78, 5) is 11.1. The van der Waals surface area contributed by atoms with Gasteiger partial charge in [-0.05, 0) is 45.4 Å². The van der Waals surface area contributed by atoms with Crippen molar-refractivity contribution in [1.29, 1.82) is 0 Å². The summed E-state index contributed by atoms with van der Waals surface area (Å²) in [5.74, 6) is -1.50. The first-order valence-corrected chi connectivity index (χ1v) is 7.37. The summed E-state index contributed by atoms with van der Waals surface area (Å²) in [6.07, 6.45) is -0.293. The largest absolute Gasteiger partial charge is 0.481 e. The van der Waals surface area contributed by atoms with Gasteiger partial charge >= 0.3 is 5.97 Å². The first kappa shape index (κ1) is 16.8. The maximum absolute atomic E-state index is 13.4. The maximum atomic E-state index is 13.4. The van der Waals surface area contributed by atoms with Gasteiger partial charge in [-0.15, -0.1) is 0 Å². The number of halogens is 1. The molecule has 112 valence electrons. The lowest BCUT2D eigenvalue weighted by Crippen LogP contribution is -2.47. The highest BCUT2D eigenvalue weighted by Crippen LogP contribution is 2.27. The molecule has 2 atom stereocenters. The molecule has 0 unspecified atom stereocenters. The topological polar surface area (TPSA) is 66.4 Å². The van der Waals surface area contributed by atoms with E-state index >= 15 is 0 Å². The average molecular weight is 301 g/mol. The van der Waals surface area contributed by atoms with E-state index in [4.69, 9.17) is 5.11 Å². The molecule has 20 heavy (non-hydrogen) atoms. The molecular formula is C14H20FNO3S. The van der Waals surface area contributed by atoms with Crippen molar-refractivity contribution in [3.8, 4) is 0 Å². The molecule has 0 saturated heterocycles. The van der Waals surface area contributed by atoms with Gasteiger partial charge in [-0.1, -0.05) is 12.1 Å². The van der Waals surface area contributed by atoms with Crippen molar-refractivity contribution in [3.63, 3.8) is 0 Å². The highest BCUT2D eigenvalue weighted by molar-refractivity contribution is 7.84. The molecule has 2 N–H and O–H groups in total. The van der Waals surface area contributed by atoms with Crippen molar-refractivity contribution in [1.82, 2.24) is 4.72 Å². The van der Waals surface area contributed by atoms with Crippen LogP contribution in [0.15, 0.2) is 24.3 Å². The fourth-order valence-corrected chi connectivity index (χ4v) is 2.59. The van der Waals surface area contributed by atoms with E-state index < -0.39 is 33.1 Å². The van der Waals surface area contributed by atoms with Crippen LogP contribution in [0.4, 0.5) is 4.39 Å². The van der Waals surface area contributed by atoms with Crippen LogP contribution in [-0.2, 0) is 21.3 Å². The van der Waals surface area contributed by atoms with Gasteiger partial charge in [-0.2, -0.15) is 0 Å². The van der Waals surface area contributed by atoms with E-state index in [1.54, 1.807) is 33.8 Å². The molecule has 0 saturated carbocycles. The van der Waals surface area contributed by atoms with Crippen LogP contribution in [0.25, 0.3) is 0 Å². The van der Waals surface area contributed by atoms with E-state index in [2.05, 4.69) is 4.72 Å². The molecule has 1 aromatic carbocycles. The van der Waals surface area contributed by atoms with E-state index in [1.165, 1.54) is 18.2 Å². The Kier molecular flexibility index (Phi) is 5.05. The van der Waals surface area contributed by atoms with Crippen molar-refractivity contribution < 1.29 is 18.5 Å². The Balaban J connectivity index is 3.16. The number of carboxylic acids is 1. The summed E-state index contributed by atoms with van der Waals surface area (Å²) < 4.78 is 27.9. The Bertz CT molecular complexity index is 527. The first-order chi connectivity index (χ1) is 9.04. The van der Waals surface area contributed by atoms with Crippen LogP contribution in [0.2, 0.25) is 0 Å². The molecule has 1 rings (SSSR count). The summed E-state index contributed by atoms with van der Waals surface area (Å²) in [6.45, 7) is 6.95. The Morgan fingerprint density at radius 2 is 1.95 bits per heavy atom. The minimum Gasteiger partial charge on any atom is -0.481 e. The third-order valence-electron chi connectivity index (χ3n) is 2.84. The zero-order valence-electron chi connectivity index (χ0n) is 12.1. The number of carboxylic acid groups (broad SMARTS) is 1. The first-order valence-electron chi connectivity index (χ1n) is 6.22. The quantitative estimate of drug-likeness (QED) is 0.878. The SMILES string of the molecule is CC(C)(C)[S@@](=O)N[C@](C)(CC(=O)O)c1cccc(F)c1. The van der Waals surface area contributed by atoms with Gasteiger partial charge < -0.3 is 5.11 Å². The summed E-state index contributed by atoms with van der Waals surface area (Å²) >= 11 is 0. The summed E-state index contributed by atoms with van der Waals surface area (Å²) in [6, 6.07) is 5.67. The van der Waals surface area contributed by atoms with Crippen LogP contribution in [-0.4, -0.2) is 20.0 Å². The number of rotatable bonds is 5. The van der Waals surface area contributed by atoms with E-state index in [1.807, 2.05) is 0 Å². The zero-order valence-corrected chi connectivity index (χ0v) is 12.9. The van der Waals surface area contributed by atoms with Crippen molar-refractivity contribution in [3.05, 3.63) is 35.6 Å². The molecule has 1 aromatic rings. The van der Waals surface area contributed by atoms with Crippen LogP contribution in [0.1, 0.15) is 39.7 Å². The predicted octanol–water partition coefficient (Wildman–Crippen LogP) is 2.57. The van der Waals surface area contributed by atoms with Crippen LogP contribution in [0.5, 0.6) is 0 Å². The molecule has 0 aliphatic rings. The van der Waals surface area contributed by atoms with Crippen molar-refractivity contribution in [2.75, 3.05) is 0 Å². The second kappa shape index (κ2) is 6.01.